The molecule has 194 valence electrons. The molecule has 0 radical (unpaired) electrons. The van der Waals surface area contributed by atoms with Crippen molar-refractivity contribution in [2.24, 2.45) is 0 Å². The highest BCUT2D eigenvalue weighted by atomic mass is 19.1. The van der Waals surface area contributed by atoms with E-state index in [9.17, 15) is 9.18 Å². The van der Waals surface area contributed by atoms with Crippen LogP contribution < -0.4 is 20.1 Å². The van der Waals surface area contributed by atoms with Crippen molar-refractivity contribution in [3.05, 3.63) is 79.3 Å². The molecule has 1 saturated heterocycles. The molecule has 38 heavy (non-hydrogen) atoms. The van der Waals surface area contributed by atoms with E-state index >= 15 is 0 Å². The Morgan fingerprint density at radius 1 is 1.16 bits per heavy atom. The molecule has 1 aromatic heterocycles. The summed E-state index contributed by atoms with van der Waals surface area (Å²) in [4.78, 5) is 23.6. The lowest BCUT2D eigenvalue weighted by atomic mass is 10.0. The summed E-state index contributed by atoms with van der Waals surface area (Å²) in [5, 5.41) is 6.84. The van der Waals surface area contributed by atoms with E-state index in [4.69, 9.17) is 14.5 Å². The van der Waals surface area contributed by atoms with Crippen molar-refractivity contribution in [1.82, 2.24) is 14.9 Å². The van der Waals surface area contributed by atoms with Crippen LogP contribution in [0, 0.1) is 5.82 Å². The summed E-state index contributed by atoms with van der Waals surface area (Å²) in [6.45, 7) is 5.27. The molecular weight excluding hydrogens is 485 g/mol. The van der Waals surface area contributed by atoms with Crippen LogP contribution in [-0.4, -0.2) is 54.1 Å². The zero-order chi connectivity index (χ0) is 26.6. The third-order valence-electron chi connectivity index (χ3n) is 6.38. The second-order valence-corrected chi connectivity index (χ2v) is 9.11. The van der Waals surface area contributed by atoms with E-state index < -0.39 is 0 Å². The molecule has 0 spiro atoms. The molecule has 1 fully saturated rings. The van der Waals surface area contributed by atoms with Gasteiger partial charge in [0.15, 0.2) is 0 Å². The number of amides is 1. The topological polar surface area (TPSA) is 88.6 Å². The van der Waals surface area contributed by atoms with Gasteiger partial charge in [-0.3, -0.25) is 4.79 Å². The normalized spacial score (nSPS) is 15.3. The molecule has 4 aromatic rings. The Hall–Kier alpha value is -4.50. The van der Waals surface area contributed by atoms with Crippen molar-refractivity contribution in [2.45, 2.75) is 12.5 Å². The first-order valence-electron chi connectivity index (χ1n) is 12.2. The quantitative estimate of drug-likeness (QED) is 0.305. The third-order valence-corrected chi connectivity index (χ3v) is 6.38. The van der Waals surface area contributed by atoms with E-state index in [1.54, 1.807) is 31.5 Å². The Morgan fingerprint density at radius 2 is 2.00 bits per heavy atom. The first kappa shape index (κ1) is 25.2. The van der Waals surface area contributed by atoms with Crippen LogP contribution in [-0.2, 0) is 4.79 Å². The Kier molecular flexibility index (Phi) is 7.19. The van der Waals surface area contributed by atoms with Gasteiger partial charge in [0.05, 0.1) is 24.0 Å². The van der Waals surface area contributed by atoms with Crippen LogP contribution in [0.2, 0.25) is 0 Å². The molecular formula is C29H28FN5O3. The number of halogens is 1. The lowest BCUT2D eigenvalue weighted by Gasteiger charge is -2.20. The summed E-state index contributed by atoms with van der Waals surface area (Å²) in [7, 11) is 3.60. The van der Waals surface area contributed by atoms with Gasteiger partial charge in [0, 0.05) is 36.3 Å². The van der Waals surface area contributed by atoms with Gasteiger partial charge in [0.1, 0.15) is 23.4 Å². The lowest BCUT2D eigenvalue weighted by Crippen LogP contribution is -2.22. The van der Waals surface area contributed by atoms with Gasteiger partial charge in [-0.15, -0.1) is 0 Å². The van der Waals surface area contributed by atoms with Crippen LogP contribution in [0.1, 0.15) is 6.42 Å². The Balaban J connectivity index is 1.52. The van der Waals surface area contributed by atoms with Gasteiger partial charge < -0.3 is 25.0 Å². The van der Waals surface area contributed by atoms with Gasteiger partial charge in [-0.05, 0) is 43.3 Å². The number of hydrogen-bond donors (Lipinski definition) is 2. The Labute approximate surface area is 220 Å². The van der Waals surface area contributed by atoms with Crippen molar-refractivity contribution in [1.29, 1.82) is 0 Å². The molecule has 0 bridgehead atoms. The van der Waals surface area contributed by atoms with E-state index in [2.05, 4.69) is 27.1 Å². The largest absolute Gasteiger partial charge is 0.494 e. The number of carbonyl (C=O) groups excluding carboxylic acids is 1. The molecule has 1 aliphatic rings. The lowest BCUT2D eigenvalue weighted by molar-refractivity contribution is -0.111. The fraction of sp³-hybridized carbons (Fsp3) is 0.207. The zero-order valence-corrected chi connectivity index (χ0v) is 21.2. The summed E-state index contributed by atoms with van der Waals surface area (Å²) in [5.74, 6) is 0.612. The average molecular weight is 514 g/mol. The number of para-hydroxylation sites is 1. The summed E-state index contributed by atoms with van der Waals surface area (Å²) in [5.41, 5.74) is 3.16. The van der Waals surface area contributed by atoms with Gasteiger partial charge in [-0.2, -0.15) is 0 Å². The number of nitrogens with one attached hydrogen (secondary N) is 2. The minimum Gasteiger partial charge on any atom is -0.494 e. The fourth-order valence-electron chi connectivity index (χ4n) is 4.50. The molecule has 9 heteroatoms. The number of fused-ring (bicyclic) bond motifs is 1. The van der Waals surface area contributed by atoms with Gasteiger partial charge in [0.25, 0.3) is 0 Å². The second-order valence-electron chi connectivity index (χ2n) is 9.11. The molecule has 5 rings (SSSR count). The number of likely N-dealkylation sites (tertiary alicyclic amines) is 1. The SMILES string of the molecule is C=CC(=O)Nc1cc(Nc2ncc3cccc(-c4cccc(F)c4)c3n2)c(OC)cc1OC1CCN(C)C1. The van der Waals surface area contributed by atoms with E-state index in [-0.39, 0.29) is 17.8 Å². The number of rotatable bonds is 8. The van der Waals surface area contributed by atoms with Gasteiger partial charge >= 0.3 is 0 Å². The molecule has 2 N–H and O–H groups in total. The Morgan fingerprint density at radius 3 is 2.74 bits per heavy atom. The average Bonchev–Trinajstić information content (AvgIpc) is 3.33. The molecule has 8 nitrogen and oxygen atoms in total. The highest BCUT2D eigenvalue weighted by Gasteiger charge is 2.23. The molecule has 0 aliphatic carbocycles. The van der Waals surface area contributed by atoms with Crippen LogP contribution >= 0.6 is 0 Å². The molecule has 1 amide bonds. The molecule has 3 aromatic carbocycles. The number of aromatic nitrogens is 2. The van der Waals surface area contributed by atoms with Crippen LogP contribution in [0.15, 0.2) is 73.4 Å². The van der Waals surface area contributed by atoms with Crippen molar-refractivity contribution in [3.8, 4) is 22.6 Å². The summed E-state index contributed by atoms with van der Waals surface area (Å²) in [6.07, 6.45) is 3.78. The Bertz CT molecular complexity index is 1510. The minimum absolute atomic E-state index is 0.00651. The monoisotopic (exact) mass is 513 g/mol. The highest BCUT2D eigenvalue weighted by Crippen LogP contribution is 2.39. The predicted molar refractivity (Wildman–Crippen MR) is 147 cm³/mol. The first-order valence-corrected chi connectivity index (χ1v) is 12.2. The number of carbonyl (C=O) groups is 1. The molecule has 0 saturated carbocycles. The summed E-state index contributed by atoms with van der Waals surface area (Å²) in [6, 6.07) is 15.5. The smallest absolute Gasteiger partial charge is 0.247 e. The number of benzene rings is 3. The molecule has 1 unspecified atom stereocenters. The number of ether oxygens (including phenoxy) is 2. The number of likely N-dealkylation sites (N-methyl/N-ethyl adjacent to an activating group) is 1. The van der Waals surface area contributed by atoms with E-state index in [1.165, 1.54) is 18.2 Å². The first-order chi connectivity index (χ1) is 18.4. The number of methoxy groups -OCH3 is 1. The number of nitrogens with zero attached hydrogens (tertiary/aromatic N) is 3. The molecule has 2 heterocycles. The maximum Gasteiger partial charge on any atom is 0.247 e. The highest BCUT2D eigenvalue weighted by molar-refractivity contribution is 6.00. The van der Waals surface area contributed by atoms with Crippen molar-refractivity contribution >= 4 is 34.1 Å². The summed E-state index contributed by atoms with van der Waals surface area (Å²) >= 11 is 0. The van der Waals surface area contributed by atoms with Crippen LogP contribution in [0.4, 0.5) is 21.7 Å². The van der Waals surface area contributed by atoms with Crippen LogP contribution in [0.5, 0.6) is 11.5 Å². The maximum atomic E-state index is 13.9. The van der Waals surface area contributed by atoms with E-state index in [1.807, 2.05) is 31.3 Å². The van der Waals surface area contributed by atoms with Crippen molar-refractivity contribution in [2.75, 3.05) is 37.9 Å². The number of hydrogen-bond acceptors (Lipinski definition) is 7. The maximum absolute atomic E-state index is 13.9. The number of anilines is 3. The van der Waals surface area contributed by atoms with E-state index in [0.717, 1.165) is 30.5 Å². The third kappa shape index (κ3) is 5.42. The minimum atomic E-state index is -0.365. The van der Waals surface area contributed by atoms with E-state index in [0.29, 0.717) is 39.9 Å². The zero-order valence-electron chi connectivity index (χ0n) is 21.2. The van der Waals surface area contributed by atoms with Crippen molar-refractivity contribution in [3.63, 3.8) is 0 Å². The molecule has 1 aliphatic heterocycles. The van der Waals surface area contributed by atoms with Crippen LogP contribution in [0.3, 0.4) is 0 Å². The second kappa shape index (κ2) is 10.9. The van der Waals surface area contributed by atoms with Crippen molar-refractivity contribution < 1.29 is 18.7 Å². The van der Waals surface area contributed by atoms with Crippen LogP contribution in [0.25, 0.3) is 22.0 Å². The van der Waals surface area contributed by atoms with Gasteiger partial charge in [-0.1, -0.05) is 36.9 Å². The standard InChI is InChI=1S/C29H28FN5O3/c1-4-27(36)32-24-14-23(25(37-3)15-26(24)38-21-11-12-35(2)17-21)33-29-31-16-19-8-6-10-22(28(19)34-29)18-7-5-9-20(30)13-18/h4-10,13-16,21H,1,11-12,17H2,2-3H3,(H,32,36)(H,31,33,34). The van der Waals surface area contributed by atoms with Gasteiger partial charge in [-0.25, -0.2) is 14.4 Å². The summed E-state index contributed by atoms with van der Waals surface area (Å²) < 4.78 is 25.8. The van der Waals surface area contributed by atoms with Gasteiger partial charge in [0.2, 0.25) is 11.9 Å². The fourth-order valence-corrected chi connectivity index (χ4v) is 4.50. The molecule has 1 atom stereocenters. The predicted octanol–water partition coefficient (Wildman–Crippen LogP) is 5.40.